The number of hydrogen-bond donors (Lipinski definition) is 1. The van der Waals surface area contributed by atoms with E-state index in [1.165, 1.54) is 5.56 Å². The first-order chi connectivity index (χ1) is 8.54. The van der Waals surface area contributed by atoms with Crippen LogP contribution >= 0.6 is 0 Å². The van der Waals surface area contributed by atoms with Gasteiger partial charge in [0, 0.05) is 19.6 Å². The second-order valence-corrected chi connectivity index (χ2v) is 5.54. The van der Waals surface area contributed by atoms with Crippen LogP contribution in [0.3, 0.4) is 0 Å². The lowest BCUT2D eigenvalue weighted by Gasteiger charge is -2.35. The molecule has 0 saturated heterocycles. The average Bonchev–Trinajstić information content (AvgIpc) is 2.26. The zero-order chi connectivity index (χ0) is 13.1. The van der Waals surface area contributed by atoms with E-state index in [1.807, 2.05) is 37.1 Å². The van der Waals surface area contributed by atoms with Crippen molar-refractivity contribution in [2.24, 2.45) is 11.7 Å². The van der Waals surface area contributed by atoms with Gasteiger partial charge in [-0.3, -0.25) is 4.79 Å². The Morgan fingerprint density at radius 2 is 2.17 bits per heavy atom. The van der Waals surface area contributed by atoms with Gasteiger partial charge >= 0.3 is 0 Å². The summed E-state index contributed by atoms with van der Waals surface area (Å²) in [6, 6.07) is 8.49. The minimum Gasteiger partial charge on any atom is -0.345 e. The Morgan fingerprint density at radius 1 is 1.44 bits per heavy atom. The Kier molecular flexibility index (Phi) is 4.02. The predicted molar refractivity (Wildman–Crippen MR) is 73.2 cm³/mol. The first-order valence-corrected chi connectivity index (χ1v) is 6.59. The van der Waals surface area contributed by atoms with E-state index in [0.717, 1.165) is 24.9 Å². The molecule has 1 aromatic rings. The Morgan fingerprint density at radius 3 is 2.78 bits per heavy atom. The molecule has 1 fully saturated rings. The normalized spacial score (nSPS) is 22.4. The van der Waals surface area contributed by atoms with Crippen molar-refractivity contribution in [2.45, 2.75) is 32.2 Å². The van der Waals surface area contributed by atoms with Gasteiger partial charge in [-0.05, 0) is 31.2 Å². The SMILES string of the molecule is Cc1cccc(CC(=O)N(C)CC2CC(N)C2)c1. The number of likely N-dealkylation sites (N-methyl/N-ethyl adjacent to an activating group) is 1. The van der Waals surface area contributed by atoms with Gasteiger partial charge in [-0.15, -0.1) is 0 Å². The molecule has 1 aromatic carbocycles. The summed E-state index contributed by atoms with van der Waals surface area (Å²) in [7, 11) is 1.89. The first-order valence-electron chi connectivity index (χ1n) is 6.59. The van der Waals surface area contributed by atoms with Crippen molar-refractivity contribution in [3.05, 3.63) is 35.4 Å². The maximum absolute atomic E-state index is 12.1. The van der Waals surface area contributed by atoms with E-state index in [0.29, 0.717) is 18.4 Å². The third-order valence-electron chi connectivity index (χ3n) is 3.67. The van der Waals surface area contributed by atoms with Crippen molar-refractivity contribution >= 4 is 5.91 Å². The third-order valence-corrected chi connectivity index (χ3v) is 3.67. The molecule has 0 aliphatic heterocycles. The highest BCUT2D eigenvalue weighted by atomic mass is 16.2. The molecule has 0 bridgehead atoms. The van der Waals surface area contributed by atoms with Crippen molar-refractivity contribution in [3.63, 3.8) is 0 Å². The fraction of sp³-hybridized carbons (Fsp3) is 0.533. The zero-order valence-electron chi connectivity index (χ0n) is 11.2. The molecule has 18 heavy (non-hydrogen) atoms. The van der Waals surface area contributed by atoms with Crippen LogP contribution in [0.5, 0.6) is 0 Å². The van der Waals surface area contributed by atoms with Crippen LogP contribution in [0.2, 0.25) is 0 Å². The maximum atomic E-state index is 12.1. The molecule has 3 nitrogen and oxygen atoms in total. The van der Waals surface area contributed by atoms with Crippen molar-refractivity contribution in [2.75, 3.05) is 13.6 Å². The molecular weight excluding hydrogens is 224 g/mol. The smallest absolute Gasteiger partial charge is 0.226 e. The number of carbonyl (C=O) groups excluding carboxylic acids is 1. The first kappa shape index (κ1) is 13.1. The van der Waals surface area contributed by atoms with Gasteiger partial charge in [0.15, 0.2) is 0 Å². The summed E-state index contributed by atoms with van der Waals surface area (Å²) in [4.78, 5) is 13.9. The van der Waals surface area contributed by atoms with Gasteiger partial charge in [-0.2, -0.15) is 0 Å². The second-order valence-electron chi connectivity index (χ2n) is 5.54. The fourth-order valence-electron chi connectivity index (χ4n) is 2.56. The molecule has 2 N–H and O–H groups in total. The number of aryl methyl sites for hydroxylation is 1. The van der Waals surface area contributed by atoms with Gasteiger partial charge in [0.1, 0.15) is 0 Å². The standard InChI is InChI=1S/C15H22N2O/c1-11-4-3-5-12(6-11)9-15(18)17(2)10-13-7-14(16)8-13/h3-6,13-14H,7-10,16H2,1-2H3. The van der Waals surface area contributed by atoms with Crippen LogP contribution in [-0.4, -0.2) is 30.4 Å². The van der Waals surface area contributed by atoms with Crippen LogP contribution in [0, 0.1) is 12.8 Å². The minimum absolute atomic E-state index is 0.195. The van der Waals surface area contributed by atoms with Crippen LogP contribution in [0.1, 0.15) is 24.0 Å². The van der Waals surface area contributed by atoms with Gasteiger partial charge < -0.3 is 10.6 Å². The average molecular weight is 246 g/mol. The van der Waals surface area contributed by atoms with Crippen LogP contribution in [-0.2, 0) is 11.2 Å². The highest BCUT2D eigenvalue weighted by molar-refractivity contribution is 5.78. The molecule has 3 heteroatoms. The van der Waals surface area contributed by atoms with Gasteiger partial charge in [0.2, 0.25) is 5.91 Å². The molecule has 1 aliphatic rings. The van der Waals surface area contributed by atoms with Gasteiger partial charge in [0.25, 0.3) is 0 Å². The number of rotatable bonds is 4. The van der Waals surface area contributed by atoms with E-state index in [-0.39, 0.29) is 5.91 Å². The summed E-state index contributed by atoms with van der Waals surface area (Å²) in [5, 5.41) is 0. The highest BCUT2D eigenvalue weighted by Gasteiger charge is 2.27. The van der Waals surface area contributed by atoms with Crippen molar-refractivity contribution in [1.82, 2.24) is 4.90 Å². The topological polar surface area (TPSA) is 46.3 Å². The van der Waals surface area contributed by atoms with E-state index in [1.54, 1.807) is 0 Å². The highest BCUT2D eigenvalue weighted by Crippen LogP contribution is 2.26. The summed E-state index contributed by atoms with van der Waals surface area (Å²) in [5.41, 5.74) is 8.05. The number of nitrogens with zero attached hydrogens (tertiary/aromatic N) is 1. The molecule has 0 heterocycles. The van der Waals surface area contributed by atoms with E-state index in [2.05, 4.69) is 6.07 Å². The lowest BCUT2D eigenvalue weighted by Crippen LogP contribution is -2.43. The Labute approximate surface area is 109 Å². The van der Waals surface area contributed by atoms with Crippen LogP contribution < -0.4 is 5.73 Å². The lowest BCUT2D eigenvalue weighted by molar-refractivity contribution is -0.130. The molecule has 1 aliphatic carbocycles. The molecule has 0 spiro atoms. The van der Waals surface area contributed by atoms with E-state index in [9.17, 15) is 4.79 Å². The molecule has 98 valence electrons. The molecular formula is C15H22N2O. The molecule has 0 unspecified atom stereocenters. The molecule has 0 aromatic heterocycles. The predicted octanol–water partition coefficient (Wildman–Crippen LogP) is 1.73. The Hall–Kier alpha value is -1.35. The van der Waals surface area contributed by atoms with Crippen molar-refractivity contribution in [1.29, 1.82) is 0 Å². The maximum Gasteiger partial charge on any atom is 0.226 e. The van der Waals surface area contributed by atoms with Gasteiger partial charge in [0.05, 0.1) is 6.42 Å². The summed E-state index contributed by atoms with van der Waals surface area (Å²) < 4.78 is 0. The largest absolute Gasteiger partial charge is 0.345 e. The molecule has 0 radical (unpaired) electrons. The van der Waals surface area contributed by atoms with E-state index >= 15 is 0 Å². The van der Waals surface area contributed by atoms with Crippen LogP contribution in [0.25, 0.3) is 0 Å². The molecule has 2 rings (SSSR count). The zero-order valence-corrected chi connectivity index (χ0v) is 11.2. The number of carbonyl (C=O) groups is 1. The molecule has 1 saturated carbocycles. The van der Waals surface area contributed by atoms with Crippen LogP contribution in [0.15, 0.2) is 24.3 Å². The third kappa shape index (κ3) is 3.33. The van der Waals surface area contributed by atoms with Gasteiger partial charge in [-0.1, -0.05) is 29.8 Å². The Balaban J connectivity index is 1.83. The van der Waals surface area contributed by atoms with Crippen molar-refractivity contribution < 1.29 is 4.79 Å². The van der Waals surface area contributed by atoms with Crippen molar-refractivity contribution in [3.8, 4) is 0 Å². The second kappa shape index (κ2) is 5.53. The van der Waals surface area contributed by atoms with Gasteiger partial charge in [-0.25, -0.2) is 0 Å². The lowest BCUT2D eigenvalue weighted by atomic mass is 9.80. The summed E-state index contributed by atoms with van der Waals surface area (Å²) in [6.07, 6.45) is 2.61. The number of nitrogens with two attached hydrogens (primary N) is 1. The van der Waals surface area contributed by atoms with E-state index < -0.39 is 0 Å². The summed E-state index contributed by atoms with van der Waals surface area (Å²) >= 11 is 0. The number of amides is 1. The molecule has 0 atom stereocenters. The summed E-state index contributed by atoms with van der Waals surface area (Å²) in [6.45, 7) is 2.89. The Bertz CT molecular complexity index is 424. The fourth-order valence-corrected chi connectivity index (χ4v) is 2.56. The van der Waals surface area contributed by atoms with Crippen LogP contribution in [0.4, 0.5) is 0 Å². The number of benzene rings is 1. The van der Waals surface area contributed by atoms with E-state index in [4.69, 9.17) is 5.73 Å². The quantitative estimate of drug-likeness (QED) is 0.879. The summed E-state index contributed by atoms with van der Waals surface area (Å²) in [5.74, 6) is 0.799. The number of hydrogen-bond acceptors (Lipinski definition) is 2. The molecule has 1 amide bonds. The minimum atomic E-state index is 0.195. The monoisotopic (exact) mass is 246 g/mol.